The Hall–Kier alpha value is -2.18. The van der Waals surface area contributed by atoms with Gasteiger partial charge < -0.3 is 20.7 Å². The molecule has 0 aliphatic carbocycles. The summed E-state index contributed by atoms with van der Waals surface area (Å²) in [6.45, 7) is -1.30. The highest BCUT2D eigenvalue weighted by Crippen LogP contribution is 2.44. The number of nitrogen functional groups attached to an aromatic ring is 1. The molecule has 12 heteroatoms. The van der Waals surface area contributed by atoms with E-state index in [1.807, 2.05) is 0 Å². The van der Waals surface area contributed by atoms with Gasteiger partial charge in [0.05, 0.1) is 18.5 Å². The minimum absolute atomic E-state index is 0.194. The maximum Gasteiger partial charge on any atom is 0.295 e. The molecule has 0 radical (unpaired) electrons. The SMILES string of the molecule is Nc1nn2c(C3OC(CO)(C(F)F)C(O)C3F)cnc2c(=O)[nH]1. The number of halogens is 3. The third-order valence-electron chi connectivity index (χ3n) is 3.76. The van der Waals surface area contributed by atoms with Gasteiger partial charge in [0.15, 0.2) is 11.8 Å². The molecule has 23 heavy (non-hydrogen) atoms. The minimum atomic E-state index is -3.34. The lowest BCUT2D eigenvalue weighted by molar-refractivity contribution is -0.186. The highest BCUT2D eigenvalue weighted by atomic mass is 19.3. The van der Waals surface area contributed by atoms with Crippen LogP contribution in [0.25, 0.3) is 5.65 Å². The van der Waals surface area contributed by atoms with Crippen molar-refractivity contribution in [2.75, 3.05) is 12.3 Å². The molecule has 9 nitrogen and oxygen atoms in total. The fraction of sp³-hybridized carbons (Fsp3) is 0.545. The summed E-state index contributed by atoms with van der Waals surface area (Å²) in [6, 6.07) is 0. The average Bonchev–Trinajstić information content (AvgIpc) is 3.01. The molecular weight excluding hydrogens is 323 g/mol. The number of imidazole rings is 1. The van der Waals surface area contributed by atoms with Crippen LogP contribution < -0.4 is 11.3 Å². The molecule has 1 fully saturated rings. The Morgan fingerprint density at radius 2 is 2.26 bits per heavy atom. The van der Waals surface area contributed by atoms with Gasteiger partial charge in [-0.2, -0.15) is 0 Å². The number of rotatable bonds is 3. The van der Waals surface area contributed by atoms with Crippen molar-refractivity contribution in [3.63, 3.8) is 0 Å². The molecule has 3 rings (SSSR count). The third kappa shape index (κ3) is 2.09. The van der Waals surface area contributed by atoms with Gasteiger partial charge in [-0.1, -0.05) is 0 Å². The second-order valence-corrected chi connectivity index (χ2v) is 5.10. The Bertz CT molecular complexity index is 796. The molecule has 0 aromatic carbocycles. The zero-order valence-electron chi connectivity index (χ0n) is 11.4. The van der Waals surface area contributed by atoms with Crippen molar-refractivity contribution in [1.82, 2.24) is 19.6 Å². The third-order valence-corrected chi connectivity index (χ3v) is 3.76. The van der Waals surface area contributed by atoms with Crippen LogP contribution in [0.1, 0.15) is 11.8 Å². The number of hydrogen-bond donors (Lipinski definition) is 4. The first-order chi connectivity index (χ1) is 10.8. The van der Waals surface area contributed by atoms with E-state index in [0.717, 1.165) is 10.7 Å². The summed E-state index contributed by atoms with van der Waals surface area (Å²) in [6.07, 6.45) is -8.62. The van der Waals surface area contributed by atoms with Gasteiger partial charge in [-0.05, 0) is 0 Å². The molecule has 1 aliphatic rings. The van der Waals surface area contributed by atoms with Crippen LogP contribution in [0.4, 0.5) is 19.1 Å². The summed E-state index contributed by atoms with van der Waals surface area (Å²) < 4.78 is 46.4. The first-order valence-electron chi connectivity index (χ1n) is 6.44. The van der Waals surface area contributed by atoms with Crippen LogP contribution in [-0.2, 0) is 4.74 Å². The van der Waals surface area contributed by atoms with E-state index in [1.54, 1.807) is 0 Å². The topological polar surface area (TPSA) is 139 Å². The van der Waals surface area contributed by atoms with Crippen molar-refractivity contribution in [2.24, 2.45) is 0 Å². The molecule has 4 unspecified atom stereocenters. The molecule has 126 valence electrons. The molecular formula is C11H12F3N5O4. The van der Waals surface area contributed by atoms with Crippen LogP contribution in [0.15, 0.2) is 11.0 Å². The van der Waals surface area contributed by atoms with Crippen molar-refractivity contribution in [3.05, 3.63) is 22.2 Å². The highest BCUT2D eigenvalue weighted by Gasteiger charge is 2.61. The van der Waals surface area contributed by atoms with Gasteiger partial charge in [0.1, 0.15) is 12.2 Å². The molecule has 0 amide bonds. The lowest BCUT2D eigenvalue weighted by Gasteiger charge is -2.28. The zero-order chi connectivity index (χ0) is 16.9. The Morgan fingerprint density at radius 3 is 2.83 bits per heavy atom. The fourth-order valence-corrected chi connectivity index (χ4v) is 2.53. The van der Waals surface area contributed by atoms with Crippen molar-refractivity contribution in [3.8, 4) is 0 Å². The number of aliphatic hydroxyl groups is 2. The molecule has 3 heterocycles. The Labute approximate surface area is 125 Å². The fourth-order valence-electron chi connectivity index (χ4n) is 2.53. The Balaban J connectivity index is 2.11. The van der Waals surface area contributed by atoms with E-state index in [-0.39, 0.29) is 17.3 Å². The molecule has 0 spiro atoms. The number of nitrogens with one attached hydrogen (secondary N) is 1. The molecule has 2 aromatic heterocycles. The van der Waals surface area contributed by atoms with Crippen LogP contribution in [0.3, 0.4) is 0 Å². The average molecular weight is 335 g/mol. The molecule has 0 bridgehead atoms. The normalized spacial score (nSPS) is 31.3. The largest absolute Gasteiger partial charge is 0.393 e. The maximum absolute atomic E-state index is 14.3. The van der Waals surface area contributed by atoms with E-state index < -0.39 is 42.6 Å². The predicted molar refractivity (Wildman–Crippen MR) is 68.6 cm³/mol. The summed E-state index contributed by atoms with van der Waals surface area (Å²) in [7, 11) is 0. The summed E-state index contributed by atoms with van der Waals surface area (Å²) in [5.74, 6) is -0.307. The van der Waals surface area contributed by atoms with Gasteiger partial charge in [-0.25, -0.2) is 22.7 Å². The quantitative estimate of drug-likeness (QED) is 0.550. The van der Waals surface area contributed by atoms with Crippen molar-refractivity contribution < 1.29 is 28.1 Å². The lowest BCUT2D eigenvalue weighted by Crippen LogP contribution is -2.51. The number of H-pyrrole nitrogens is 1. The van der Waals surface area contributed by atoms with Crippen molar-refractivity contribution >= 4 is 11.6 Å². The van der Waals surface area contributed by atoms with Crippen LogP contribution in [0.2, 0.25) is 0 Å². The monoisotopic (exact) mass is 335 g/mol. The van der Waals surface area contributed by atoms with E-state index in [4.69, 9.17) is 15.6 Å². The maximum atomic E-state index is 14.3. The summed E-state index contributed by atoms with van der Waals surface area (Å²) >= 11 is 0. The molecule has 1 aliphatic heterocycles. The number of hydrogen-bond acceptors (Lipinski definition) is 7. The van der Waals surface area contributed by atoms with E-state index in [2.05, 4.69) is 15.1 Å². The van der Waals surface area contributed by atoms with Gasteiger partial charge in [-0.3, -0.25) is 9.78 Å². The second kappa shape index (κ2) is 5.18. The van der Waals surface area contributed by atoms with E-state index in [9.17, 15) is 23.1 Å². The number of aromatic amines is 1. The molecule has 5 N–H and O–H groups in total. The standard InChI is InChI=1S/C11H12F3N5O4/c12-4-5(23-11(2-20,6(4)21)9(13)14)3-1-16-7-8(22)17-10(15)18-19(3)7/h1,4-6,9,20-21H,2H2,(H3,15,17,18,22). The van der Waals surface area contributed by atoms with Crippen LogP contribution >= 0.6 is 0 Å². The number of nitrogens with zero attached hydrogens (tertiary/aromatic N) is 3. The number of ether oxygens (including phenoxy) is 1. The van der Waals surface area contributed by atoms with Crippen LogP contribution in [0.5, 0.6) is 0 Å². The minimum Gasteiger partial charge on any atom is -0.393 e. The summed E-state index contributed by atoms with van der Waals surface area (Å²) in [5.41, 5.74) is 1.44. The second-order valence-electron chi connectivity index (χ2n) is 5.10. The number of aliphatic hydroxyl groups excluding tert-OH is 2. The molecule has 4 atom stereocenters. The lowest BCUT2D eigenvalue weighted by atomic mass is 9.96. The number of alkyl halides is 3. The number of anilines is 1. The summed E-state index contributed by atoms with van der Waals surface area (Å²) in [5, 5.41) is 22.6. The van der Waals surface area contributed by atoms with Crippen LogP contribution in [-0.4, -0.2) is 60.7 Å². The molecule has 1 saturated heterocycles. The van der Waals surface area contributed by atoms with Gasteiger partial charge in [0.25, 0.3) is 12.0 Å². The van der Waals surface area contributed by atoms with Gasteiger partial charge in [0, 0.05) is 0 Å². The first kappa shape index (κ1) is 15.7. The van der Waals surface area contributed by atoms with E-state index in [1.165, 1.54) is 0 Å². The smallest absolute Gasteiger partial charge is 0.295 e. The first-order valence-corrected chi connectivity index (χ1v) is 6.44. The number of fused-ring (bicyclic) bond motifs is 1. The van der Waals surface area contributed by atoms with Gasteiger partial charge in [0.2, 0.25) is 11.6 Å². The Morgan fingerprint density at radius 1 is 1.57 bits per heavy atom. The number of aromatic nitrogens is 4. The van der Waals surface area contributed by atoms with Gasteiger partial charge >= 0.3 is 0 Å². The van der Waals surface area contributed by atoms with E-state index in [0.29, 0.717) is 0 Å². The summed E-state index contributed by atoms with van der Waals surface area (Å²) in [4.78, 5) is 17.5. The van der Waals surface area contributed by atoms with Crippen molar-refractivity contribution in [1.29, 1.82) is 0 Å². The van der Waals surface area contributed by atoms with E-state index >= 15 is 0 Å². The Kier molecular flexibility index (Phi) is 3.54. The molecule has 2 aromatic rings. The van der Waals surface area contributed by atoms with Crippen LogP contribution in [0, 0.1) is 0 Å². The number of nitrogens with two attached hydrogens (primary N) is 1. The molecule has 0 saturated carbocycles. The van der Waals surface area contributed by atoms with Gasteiger partial charge in [-0.15, -0.1) is 5.10 Å². The highest BCUT2D eigenvalue weighted by molar-refractivity contribution is 5.39. The zero-order valence-corrected chi connectivity index (χ0v) is 11.4. The van der Waals surface area contributed by atoms with Crippen molar-refractivity contribution in [2.45, 2.75) is 30.4 Å². The predicted octanol–water partition coefficient (Wildman–Crippen LogP) is -1.23.